The molecule has 3 N–H and O–H groups in total. The van der Waals surface area contributed by atoms with Crippen molar-refractivity contribution in [1.29, 1.82) is 0 Å². The Morgan fingerprint density at radius 1 is 1.43 bits per heavy atom. The normalized spacial score (nSPS) is 17.4. The number of fused-ring (bicyclic) bond motifs is 1. The van der Waals surface area contributed by atoms with E-state index in [1.807, 2.05) is 29.9 Å². The van der Waals surface area contributed by atoms with Crippen molar-refractivity contribution in [3.63, 3.8) is 0 Å². The minimum Gasteiger partial charge on any atom is -0.492 e. The van der Waals surface area contributed by atoms with E-state index < -0.39 is 0 Å². The van der Waals surface area contributed by atoms with Crippen molar-refractivity contribution in [3.05, 3.63) is 29.8 Å². The van der Waals surface area contributed by atoms with Crippen molar-refractivity contribution in [2.24, 2.45) is 11.0 Å². The summed E-state index contributed by atoms with van der Waals surface area (Å²) in [7, 11) is 0. The van der Waals surface area contributed by atoms with Gasteiger partial charge in [0.25, 0.3) is 0 Å². The molecule has 0 aromatic heterocycles. The van der Waals surface area contributed by atoms with Crippen LogP contribution >= 0.6 is 0 Å². The summed E-state index contributed by atoms with van der Waals surface area (Å²) in [6, 6.07) is 7.69. The van der Waals surface area contributed by atoms with Crippen LogP contribution in [0.5, 0.6) is 5.75 Å². The number of para-hydroxylation sites is 1. The Balaban J connectivity index is 2.31. The third-order valence-corrected chi connectivity index (χ3v) is 2.00. The largest absolute Gasteiger partial charge is 0.492 e. The number of nitrogens with two attached hydrogens (primary N) is 1. The van der Waals surface area contributed by atoms with Crippen LogP contribution in [0.1, 0.15) is 12.0 Å². The number of hydrogen-bond donors (Lipinski definition) is 2. The number of nitrogens with one attached hydrogen (secondary N) is 1. The minimum absolute atomic E-state index is 0.615. The van der Waals surface area contributed by atoms with Crippen LogP contribution in [0.15, 0.2) is 29.4 Å². The molecule has 14 heavy (non-hydrogen) atoms. The van der Waals surface area contributed by atoms with Gasteiger partial charge in [0.1, 0.15) is 5.75 Å². The highest BCUT2D eigenvalue weighted by Crippen LogP contribution is 2.24. The molecule has 0 spiro atoms. The molecule has 1 aromatic carbocycles. The molecular formula is C9H11N3O2. The smallest absolute Gasteiger partial charge is 0.128 e. The summed E-state index contributed by atoms with van der Waals surface area (Å²) in [6.45, 7) is 0.615. The van der Waals surface area contributed by atoms with Gasteiger partial charge in [0.05, 0.1) is 12.3 Å². The molecule has 5 nitrogen and oxygen atoms in total. The van der Waals surface area contributed by atoms with Crippen LogP contribution in [-0.2, 0) is 4.94 Å². The van der Waals surface area contributed by atoms with Crippen LogP contribution < -0.4 is 16.2 Å². The first-order valence-corrected chi connectivity index (χ1v) is 4.32. The predicted octanol–water partition coefficient (Wildman–Crippen LogP) is 0.568. The van der Waals surface area contributed by atoms with E-state index in [0.29, 0.717) is 6.61 Å². The molecule has 0 unspecified atom stereocenters. The summed E-state index contributed by atoms with van der Waals surface area (Å²) in [5.74, 6) is 5.79. The van der Waals surface area contributed by atoms with Gasteiger partial charge in [-0.25, -0.2) is 5.84 Å². The van der Waals surface area contributed by atoms with Gasteiger partial charge in [0, 0.05) is 12.0 Å². The number of ether oxygens (including phenoxy) is 1. The van der Waals surface area contributed by atoms with Crippen LogP contribution in [-0.4, -0.2) is 12.3 Å². The molecule has 0 aliphatic carbocycles. The fourth-order valence-corrected chi connectivity index (χ4v) is 1.40. The first-order chi connectivity index (χ1) is 6.92. The first-order valence-electron chi connectivity index (χ1n) is 4.32. The molecule has 74 valence electrons. The van der Waals surface area contributed by atoms with Crippen molar-refractivity contribution in [3.8, 4) is 5.75 Å². The van der Waals surface area contributed by atoms with E-state index in [9.17, 15) is 0 Å². The molecule has 0 radical (unpaired) electrons. The molecule has 0 fully saturated rings. The zero-order valence-electron chi connectivity index (χ0n) is 7.56. The van der Waals surface area contributed by atoms with Crippen molar-refractivity contribution in [2.75, 3.05) is 6.61 Å². The molecular weight excluding hydrogens is 182 g/mol. The Morgan fingerprint density at radius 2 is 2.29 bits per heavy atom. The second-order valence-corrected chi connectivity index (χ2v) is 2.84. The molecule has 0 atom stereocenters. The molecule has 5 heteroatoms. The van der Waals surface area contributed by atoms with E-state index in [-0.39, 0.29) is 0 Å². The maximum atomic E-state index is 5.45. The molecule has 0 saturated carbocycles. The van der Waals surface area contributed by atoms with E-state index >= 15 is 0 Å². The van der Waals surface area contributed by atoms with E-state index in [4.69, 9.17) is 10.6 Å². The number of nitrogens with zero attached hydrogens (tertiary/aromatic N) is 1. The lowest BCUT2D eigenvalue weighted by Crippen LogP contribution is -2.22. The summed E-state index contributed by atoms with van der Waals surface area (Å²) in [5, 5.41) is 3.84. The lowest BCUT2D eigenvalue weighted by molar-refractivity contribution is 0.0461. The number of hydrazine groups is 1. The Kier molecular flexibility index (Phi) is 2.62. The molecule has 0 saturated heterocycles. The van der Waals surface area contributed by atoms with Gasteiger partial charge in [0.2, 0.25) is 0 Å². The second-order valence-electron chi connectivity index (χ2n) is 2.84. The van der Waals surface area contributed by atoms with Crippen molar-refractivity contribution in [2.45, 2.75) is 6.42 Å². The van der Waals surface area contributed by atoms with E-state index in [2.05, 4.69) is 10.1 Å². The summed E-state index contributed by atoms with van der Waals surface area (Å²) < 4.78 is 5.45. The van der Waals surface area contributed by atoms with Crippen LogP contribution in [0.25, 0.3) is 0 Å². The average Bonchev–Trinajstić information content (AvgIpc) is 2.26. The van der Waals surface area contributed by atoms with Crippen LogP contribution in [0, 0.1) is 0 Å². The van der Waals surface area contributed by atoms with Crippen molar-refractivity contribution >= 4 is 5.71 Å². The average molecular weight is 193 g/mol. The summed E-state index contributed by atoms with van der Waals surface area (Å²) in [4.78, 5) is 4.59. The van der Waals surface area contributed by atoms with Crippen LogP contribution in [0.3, 0.4) is 0 Å². The van der Waals surface area contributed by atoms with Gasteiger partial charge >= 0.3 is 0 Å². The van der Waals surface area contributed by atoms with E-state index in [1.165, 1.54) is 0 Å². The lowest BCUT2D eigenvalue weighted by Gasteiger charge is -2.17. The molecule has 1 aliphatic heterocycles. The fourth-order valence-electron chi connectivity index (χ4n) is 1.40. The molecule has 0 bridgehead atoms. The van der Waals surface area contributed by atoms with E-state index in [0.717, 1.165) is 23.4 Å². The molecule has 1 aliphatic rings. The van der Waals surface area contributed by atoms with Crippen molar-refractivity contribution in [1.82, 2.24) is 5.59 Å². The Hall–Kier alpha value is -1.59. The van der Waals surface area contributed by atoms with E-state index in [1.54, 1.807) is 0 Å². The predicted molar refractivity (Wildman–Crippen MR) is 51.5 cm³/mol. The summed E-state index contributed by atoms with van der Waals surface area (Å²) in [5.41, 5.74) is 3.81. The topological polar surface area (TPSA) is 68.9 Å². The highest BCUT2D eigenvalue weighted by atomic mass is 16.8. The molecule has 1 aromatic rings. The van der Waals surface area contributed by atoms with Gasteiger partial charge in [-0.2, -0.15) is 0 Å². The molecule has 2 rings (SSSR count). The monoisotopic (exact) mass is 193 g/mol. The lowest BCUT2D eigenvalue weighted by atomic mass is 10.0. The minimum atomic E-state index is 0.615. The Morgan fingerprint density at radius 3 is 3.14 bits per heavy atom. The van der Waals surface area contributed by atoms with Gasteiger partial charge in [-0.1, -0.05) is 22.9 Å². The second kappa shape index (κ2) is 4.08. The quantitative estimate of drug-likeness (QED) is 0.532. The zero-order chi connectivity index (χ0) is 9.80. The maximum Gasteiger partial charge on any atom is 0.128 e. The maximum absolute atomic E-state index is 5.45. The zero-order valence-corrected chi connectivity index (χ0v) is 7.56. The van der Waals surface area contributed by atoms with Gasteiger partial charge < -0.3 is 4.74 Å². The summed E-state index contributed by atoms with van der Waals surface area (Å²) in [6.07, 6.45) is 0.721. The number of benzene rings is 1. The number of oxime groups is 1. The highest BCUT2D eigenvalue weighted by Gasteiger charge is 2.16. The van der Waals surface area contributed by atoms with Gasteiger partial charge in [-0.3, -0.25) is 4.94 Å². The Bertz CT molecular complexity index is 352. The molecule has 0 amide bonds. The van der Waals surface area contributed by atoms with Crippen LogP contribution in [0.4, 0.5) is 0 Å². The first kappa shape index (κ1) is 8.98. The summed E-state index contributed by atoms with van der Waals surface area (Å²) >= 11 is 0. The molecule has 1 heterocycles. The highest BCUT2D eigenvalue weighted by molar-refractivity contribution is 6.03. The van der Waals surface area contributed by atoms with Crippen LogP contribution in [0.2, 0.25) is 0 Å². The van der Waals surface area contributed by atoms with Crippen molar-refractivity contribution < 1.29 is 9.68 Å². The van der Waals surface area contributed by atoms with Gasteiger partial charge in [-0.05, 0) is 12.1 Å². The third-order valence-electron chi connectivity index (χ3n) is 2.00. The van der Waals surface area contributed by atoms with Gasteiger partial charge in [-0.15, -0.1) is 0 Å². The third kappa shape index (κ3) is 1.68. The SMILES string of the molecule is NNO/N=C1\CCOc2ccccc21. The number of hydrogen-bond acceptors (Lipinski definition) is 5. The standard InChI is InChI=1S/C9H11N3O2/c10-12-14-11-8-5-6-13-9-4-2-1-3-7(8)9/h1-4,12H,5-6,10H2/b11-8+. The van der Waals surface area contributed by atoms with Gasteiger partial charge in [0.15, 0.2) is 0 Å². The Labute approximate surface area is 81.4 Å². The fraction of sp³-hybridized carbons (Fsp3) is 0.222. The number of rotatable bonds is 2.